The predicted octanol–water partition coefficient (Wildman–Crippen LogP) is 5.14. The fourth-order valence-corrected chi connectivity index (χ4v) is 6.82. The summed E-state index contributed by atoms with van der Waals surface area (Å²) in [5, 5.41) is 4.26. The second-order valence-corrected chi connectivity index (χ2v) is 10.3. The molecule has 168 valence electrons. The summed E-state index contributed by atoms with van der Waals surface area (Å²) in [7, 11) is 3.36. The Balaban J connectivity index is 1.38. The van der Waals surface area contributed by atoms with Crippen LogP contribution in [-0.2, 0) is 11.2 Å². The predicted molar refractivity (Wildman–Crippen MR) is 129 cm³/mol. The Bertz CT molecular complexity index is 1080. The first-order valence-corrected chi connectivity index (χ1v) is 12.8. The number of hydrogen-bond donors (Lipinski definition) is 0. The highest BCUT2D eigenvalue weighted by Crippen LogP contribution is 2.41. The van der Waals surface area contributed by atoms with Crippen LogP contribution in [0.1, 0.15) is 45.8 Å². The van der Waals surface area contributed by atoms with Crippen molar-refractivity contribution in [3.8, 4) is 11.5 Å². The van der Waals surface area contributed by atoms with E-state index in [9.17, 15) is 4.79 Å². The molecule has 0 unspecified atom stereocenters. The summed E-state index contributed by atoms with van der Waals surface area (Å²) < 4.78 is 11.0. The van der Waals surface area contributed by atoms with Gasteiger partial charge in [0.05, 0.1) is 26.8 Å². The van der Waals surface area contributed by atoms with Gasteiger partial charge in [0, 0.05) is 34.0 Å². The fraction of sp³-hybridized carbons (Fsp3) is 0.400. The molecule has 32 heavy (non-hydrogen) atoms. The molecule has 2 aliphatic heterocycles. The van der Waals surface area contributed by atoms with Gasteiger partial charge in [0.15, 0.2) is 0 Å². The molecule has 2 aliphatic rings. The van der Waals surface area contributed by atoms with Crippen LogP contribution < -0.4 is 9.47 Å². The maximum atomic E-state index is 13.7. The third-order valence-corrected chi connectivity index (χ3v) is 8.52. The van der Waals surface area contributed by atoms with E-state index >= 15 is 0 Å². The minimum Gasteiger partial charge on any atom is -0.497 e. The van der Waals surface area contributed by atoms with Gasteiger partial charge < -0.3 is 14.4 Å². The average Bonchev–Trinajstić information content (AvgIpc) is 3.59. The Morgan fingerprint density at radius 2 is 1.97 bits per heavy atom. The van der Waals surface area contributed by atoms with E-state index < -0.39 is 0 Å². The minimum absolute atomic E-state index is 0.0362. The van der Waals surface area contributed by atoms with E-state index in [1.54, 1.807) is 25.6 Å². The van der Waals surface area contributed by atoms with E-state index in [2.05, 4.69) is 44.8 Å². The molecule has 5 nitrogen and oxygen atoms in total. The van der Waals surface area contributed by atoms with Crippen LogP contribution in [0.15, 0.2) is 47.2 Å². The summed E-state index contributed by atoms with van der Waals surface area (Å²) in [6.45, 7) is 2.13. The largest absolute Gasteiger partial charge is 0.497 e. The number of rotatable bonds is 6. The number of amides is 1. The molecule has 4 heterocycles. The Morgan fingerprint density at radius 3 is 2.75 bits per heavy atom. The van der Waals surface area contributed by atoms with Crippen LogP contribution in [0.4, 0.5) is 0 Å². The molecule has 0 aliphatic carbocycles. The van der Waals surface area contributed by atoms with Gasteiger partial charge in [-0.15, -0.1) is 22.7 Å². The molecule has 1 aromatic carbocycles. The highest BCUT2D eigenvalue weighted by atomic mass is 32.1. The van der Waals surface area contributed by atoms with Crippen molar-refractivity contribution in [2.45, 2.75) is 31.3 Å². The molecule has 1 amide bonds. The van der Waals surface area contributed by atoms with Crippen LogP contribution in [0.3, 0.4) is 0 Å². The van der Waals surface area contributed by atoms with Gasteiger partial charge in [0.25, 0.3) is 0 Å². The molecule has 7 heteroatoms. The number of fused-ring (bicyclic) bond motifs is 1. The molecule has 0 saturated carbocycles. The first-order chi connectivity index (χ1) is 15.7. The zero-order valence-corrected chi connectivity index (χ0v) is 20.1. The van der Waals surface area contributed by atoms with Crippen LogP contribution >= 0.6 is 22.7 Å². The van der Waals surface area contributed by atoms with Crippen molar-refractivity contribution < 1.29 is 14.3 Å². The number of thiophene rings is 2. The molecule has 2 atom stereocenters. The van der Waals surface area contributed by atoms with Crippen LogP contribution in [-0.4, -0.2) is 49.6 Å². The van der Waals surface area contributed by atoms with Crippen LogP contribution in [0, 0.1) is 0 Å². The van der Waals surface area contributed by atoms with Crippen molar-refractivity contribution in [2.75, 3.05) is 33.9 Å². The number of carbonyl (C=O) groups is 1. The number of carbonyl (C=O) groups excluding carboxylic acids is 1. The van der Waals surface area contributed by atoms with Gasteiger partial charge in [0.1, 0.15) is 11.5 Å². The minimum atomic E-state index is 0.0362. The molecule has 0 spiro atoms. The highest BCUT2D eigenvalue weighted by Gasteiger charge is 2.36. The van der Waals surface area contributed by atoms with Gasteiger partial charge in [-0.2, -0.15) is 0 Å². The summed E-state index contributed by atoms with van der Waals surface area (Å²) in [4.78, 5) is 20.7. The van der Waals surface area contributed by atoms with Crippen molar-refractivity contribution in [3.63, 3.8) is 0 Å². The zero-order valence-electron chi connectivity index (χ0n) is 18.5. The van der Waals surface area contributed by atoms with Crippen molar-refractivity contribution >= 4 is 28.6 Å². The number of likely N-dealkylation sites (tertiary alicyclic amines) is 1. The second-order valence-electron chi connectivity index (χ2n) is 8.29. The maximum absolute atomic E-state index is 13.7. The van der Waals surface area contributed by atoms with Gasteiger partial charge in [0.2, 0.25) is 5.91 Å². The summed E-state index contributed by atoms with van der Waals surface area (Å²) in [6.07, 6.45) is 3.05. The fourth-order valence-electron chi connectivity index (χ4n) is 5.06. The molecule has 0 N–H and O–H groups in total. The standard InChI is InChI=1S/C25H28N2O3S2/c1-29-17-7-8-18(21(15-17)30-2)20-5-3-11-26(20)16-24(28)27-12-9-22-19(10-14-32-22)25(27)23-6-4-13-31-23/h4,6-8,10,13-15,20,25H,3,5,9,11-12,16H2,1-2H3/t20-,25+/m0/s1. The highest BCUT2D eigenvalue weighted by molar-refractivity contribution is 7.10. The lowest BCUT2D eigenvalue weighted by Gasteiger charge is -2.37. The first-order valence-electron chi connectivity index (χ1n) is 11.0. The SMILES string of the molecule is COc1ccc([C@@H]2CCCN2CC(=O)N2CCc3sccc3[C@@H]2c2cccs2)c(OC)c1. The van der Waals surface area contributed by atoms with Gasteiger partial charge in [-0.05, 0) is 60.3 Å². The lowest BCUT2D eigenvalue weighted by atomic mass is 9.98. The molecule has 5 rings (SSSR count). The van der Waals surface area contributed by atoms with Crippen molar-refractivity contribution in [2.24, 2.45) is 0 Å². The number of benzene rings is 1. The van der Waals surface area contributed by atoms with Gasteiger partial charge in [-0.1, -0.05) is 12.1 Å². The first kappa shape index (κ1) is 21.5. The molecule has 1 fully saturated rings. The Morgan fingerprint density at radius 1 is 1.06 bits per heavy atom. The number of nitrogens with zero attached hydrogens (tertiary/aromatic N) is 2. The average molecular weight is 469 g/mol. The molecule has 3 aromatic rings. The lowest BCUT2D eigenvalue weighted by molar-refractivity contribution is -0.134. The maximum Gasteiger partial charge on any atom is 0.237 e. The van der Waals surface area contributed by atoms with E-state index in [1.807, 2.05) is 23.5 Å². The van der Waals surface area contributed by atoms with Crippen LogP contribution in [0.2, 0.25) is 0 Å². The van der Waals surface area contributed by atoms with E-state index in [4.69, 9.17) is 9.47 Å². The molecule has 0 radical (unpaired) electrons. The van der Waals surface area contributed by atoms with Crippen LogP contribution in [0.25, 0.3) is 0 Å². The lowest BCUT2D eigenvalue weighted by Crippen LogP contribution is -2.45. The normalized spacial score (nSPS) is 20.9. The monoisotopic (exact) mass is 468 g/mol. The van der Waals surface area contributed by atoms with E-state index in [1.165, 1.54) is 15.3 Å². The van der Waals surface area contributed by atoms with Gasteiger partial charge >= 0.3 is 0 Å². The molecular weight excluding hydrogens is 440 g/mol. The smallest absolute Gasteiger partial charge is 0.237 e. The zero-order chi connectivity index (χ0) is 22.1. The summed E-state index contributed by atoms with van der Waals surface area (Å²) >= 11 is 3.54. The number of methoxy groups -OCH3 is 2. The second kappa shape index (κ2) is 9.25. The van der Waals surface area contributed by atoms with Crippen molar-refractivity contribution in [1.29, 1.82) is 0 Å². The van der Waals surface area contributed by atoms with Gasteiger partial charge in [-0.25, -0.2) is 0 Å². The molecule has 1 saturated heterocycles. The Labute approximate surface area is 197 Å². The number of ether oxygens (including phenoxy) is 2. The Kier molecular flexibility index (Phi) is 6.22. The van der Waals surface area contributed by atoms with Crippen molar-refractivity contribution in [3.05, 3.63) is 68.0 Å². The molecule has 0 bridgehead atoms. The third-order valence-electron chi connectivity index (χ3n) is 6.60. The van der Waals surface area contributed by atoms with E-state index in [0.717, 1.165) is 49.4 Å². The van der Waals surface area contributed by atoms with E-state index in [0.29, 0.717) is 6.54 Å². The quantitative estimate of drug-likeness (QED) is 0.503. The third kappa shape index (κ3) is 3.93. The summed E-state index contributed by atoms with van der Waals surface area (Å²) in [6, 6.07) is 12.6. The molecular formula is C25H28N2O3S2. The van der Waals surface area contributed by atoms with Crippen molar-refractivity contribution in [1.82, 2.24) is 9.80 Å². The van der Waals surface area contributed by atoms with Crippen LogP contribution in [0.5, 0.6) is 11.5 Å². The van der Waals surface area contributed by atoms with Gasteiger partial charge in [-0.3, -0.25) is 9.69 Å². The number of hydrogen-bond acceptors (Lipinski definition) is 6. The van der Waals surface area contributed by atoms with E-state index in [-0.39, 0.29) is 18.0 Å². The molecule has 2 aromatic heterocycles. The topological polar surface area (TPSA) is 42.0 Å². The summed E-state index contributed by atoms with van der Waals surface area (Å²) in [5.74, 6) is 1.82. The summed E-state index contributed by atoms with van der Waals surface area (Å²) in [5.41, 5.74) is 2.43. The Hall–Kier alpha value is -2.35.